The summed E-state index contributed by atoms with van der Waals surface area (Å²) in [5.74, 6) is -0.928. The fourth-order valence-corrected chi connectivity index (χ4v) is 2.85. The minimum Gasteiger partial charge on any atom is -0.480 e. The first-order valence-corrected chi connectivity index (χ1v) is 7.84. The lowest BCUT2D eigenvalue weighted by molar-refractivity contribution is -0.135. The molecule has 0 amide bonds. The first-order chi connectivity index (χ1) is 9.27. The molecule has 1 rings (SSSR count). The van der Waals surface area contributed by atoms with Crippen LogP contribution in [0.3, 0.4) is 0 Å². The van der Waals surface area contributed by atoms with E-state index in [4.69, 9.17) is 5.11 Å². The summed E-state index contributed by atoms with van der Waals surface area (Å²) in [6.07, 6.45) is 0. The van der Waals surface area contributed by atoms with Gasteiger partial charge in [0.15, 0.2) is 0 Å². The average molecular weight is 300 g/mol. The van der Waals surface area contributed by atoms with E-state index in [0.29, 0.717) is 12.2 Å². The lowest BCUT2D eigenvalue weighted by Crippen LogP contribution is -2.35. The highest BCUT2D eigenvalue weighted by atomic mass is 32.2. The molecule has 0 aromatic heterocycles. The van der Waals surface area contributed by atoms with Gasteiger partial charge in [0, 0.05) is 18.3 Å². The Balaban J connectivity index is 3.03. The molecule has 0 radical (unpaired) electrons. The molecule has 7 heteroatoms. The van der Waals surface area contributed by atoms with E-state index in [-0.39, 0.29) is 17.5 Å². The Hall–Kier alpha value is -1.60. The topological polar surface area (TPSA) is 86.7 Å². The Morgan fingerprint density at radius 1 is 1.30 bits per heavy atom. The highest BCUT2D eigenvalue weighted by molar-refractivity contribution is 7.89. The van der Waals surface area contributed by atoms with Crippen LogP contribution in [-0.4, -0.2) is 38.6 Å². The van der Waals surface area contributed by atoms with Gasteiger partial charge in [0.05, 0.1) is 4.90 Å². The van der Waals surface area contributed by atoms with Crippen molar-refractivity contribution in [1.82, 2.24) is 4.72 Å². The van der Waals surface area contributed by atoms with E-state index < -0.39 is 16.0 Å². The molecule has 0 heterocycles. The van der Waals surface area contributed by atoms with Gasteiger partial charge in [-0.2, -0.15) is 0 Å². The maximum absolute atomic E-state index is 11.8. The third-order valence-electron chi connectivity index (χ3n) is 2.74. The number of benzene rings is 1. The van der Waals surface area contributed by atoms with E-state index >= 15 is 0 Å². The van der Waals surface area contributed by atoms with Crippen molar-refractivity contribution in [2.75, 3.05) is 18.0 Å². The molecule has 0 aliphatic heterocycles. The molecular weight excluding hydrogens is 280 g/mol. The van der Waals surface area contributed by atoms with Gasteiger partial charge in [-0.25, -0.2) is 13.1 Å². The molecule has 1 aromatic carbocycles. The average Bonchev–Trinajstić information content (AvgIpc) is 2.35. The quantitative estimate of drug-likeness (QED) is 0.792. The molecule has 6 nitrogen and oxygen atoms in total. The Morgan fingerprint density at radius 3 is 2.25 bits per heavy atom. The van der Waals surface area contributed by atoms with Gasteiger partial charge in [-0.3, -0.25) is 4.79 Å². The smallest absolute Gasteiger partial charge is 0.323 e. The first-order valence-electron chi connectivity index (χ1n) is 6.36. The largest absolute Gasteiger partial charge is 0.480 e. The minimum absolute atomic E-state index is 0.00215. The summed E-state index contributed by atoms with van der Waals surface area (Å²) < 4.78 is 26.0. The second-order valence-corrected chi connectivity index (χ2v) is 6.38. The number of hydrogen-bond donors (Lipinski definition) is 2. The van der Waals surface area contributed by atoms with E-state index in [9.17, 15) is 13.2 Å². The van der Waals surface area contributed by atoms with Crippen LogP contribution in [0, 0.1) is 0 Å². The van der Waals surface area contributed by atoms with Crippen LogP contribution in [0.15, 0.2) is 29.2 Å². The van der Waals surface area contributed by atoms with Crippen molar-refractivity contribution >= 4 is 21.7 Å². The molecule has 0 saturated heterocycles. The Labute approximate surface area is 119 Å². The fraction of sp³-hybridized carbons (Fsp3) is 0.462. The summed E-state index contributed by atoms with van der Waals surface area (Å²) in [5.41, 5.74) is 0.679. The maximum atomic E-state index is 11.8. The molecule has 0 bridgehead atoms. The van der Waals surface area contributed by atoms with Crippen molar-refractivity contribution in [2.24, 2.45) is 0 Å². The van der Waals surface area contributed by atoms with Crippen molar-refractivity contribution in [1.29, 1.82) is 0 Å². The number of anilines is 1. The predicted molar refractivity (Wildman–Crippen MR) is 77.4 cm³/mol. The number of aliphatic carboxylic acids is 1. The molecule has 20 heavy (non-hydrogen) atoms. The van der Waals surface area contributed by atoms with Gasteiger partial charge in [0.1, 0.15) is 6.54 Å². The standard InChI is InChI=1S/C13H20N2O4S/c1-4-14-20(18,19)12-7-5-11(6-8-12)15(10(2)3)9-13(16)17/h5-8,10,14H,4,9H2,1-3H3,(H,16,17). The molecule has 0 aliphatic rings. The van der Waals surface area contributed by atoms with E-state index in [0.717, 1.165) is 0 Å². The van der Waals surface area contributed by atoms with E-state index in [1.165, 1.54) is 12.1 Å². The monoisotopic (exact) mass is 300 g/mol. The molecule has 112 valence electrons. The molecule has 0 aliphatic carbocycles. The number of nitrogens with one attached hydrogen (secondary N) is 1. The van der Waals surface area contributed by atoms with Gasteiger partial charge in [-0.15, -0.1) is 0 Å². The zero-order valence-electron chi connectivity index (χ0n) is 11.8. The molecule has 0 spiro atoms. The molecule has 0 unspecified atom stereocenters. The third-order valence-corrected chi connectivity index (χ3v) is 4.30. The van der Waals surface area contributed by atoms with Crippen molar-refractivity contribution in [3.8, 4) is 0 Å². The van der Waals surface area contributed by atoms with E-state index in [1.807, 2.05) is 13.8 Å². The number of carbonyl (C=O) groups is 1. The van der Waals surface area contributed by atoms with Crippen LogP contribution in [-0.2, 0) is 14.8 Å². The van der Waals surface area contributed by atoms with Crippen molar-refractivity contribution in [3.63, 3.8) is 0 Å². The van der Waals surface area contributed by atoms with Gasteiger partial charge >= 0.3 is 5.97 Å². The minimum atomic E-state index is -3.48. The van der Waals surface area contributed by atoms with Gasteiger partial charge < -0.3 is 10.0 Å². The van der Waals surface area contributed by atoms with Crippen LogP contribution in [0.25, 0.3) is 0 Å². The van der Waals surface area contributed by atoms with Gasteiger partial charge in [-0.05, 0) is 38.1 Å². The van der Waals surface area contributed by atoms with Crippen molar-refractivity contribution < 1.29 is 18.3 Å². The maximum Gasteiger partial charge on any atom is 0.323 e. The van der Waals surface area contributed by atoms with Crippen molar-refractivity contribution in [3.05, 3.63) is 24.3 Å². The Bertz CT molecular complexity index is 552. The number of carboxylic acids is 1. The van der Waals surface area contributed by atoms with Crippen LogP contribution in [0.4, 0.5) is 5.69 Å². The number of sulfonamides is 1. The van der Waals surface area contributed by atoms with Crippen LogP contribution < -0.4 is 9.62 Å². The zero-order valence-corrected chi connectivity index (χ0v) is 12.6. The molecule has 0 atom stereocenters. The third kappa shape index (κ3) is 4.21. The molecule has 0 saturated carbocycles. The number of rotatable bonds is 7. The van der Waals surface area contributed by atoms with E-state index in [1.54, 1.807) is 24.0 Å². The Kier molecular flexibility index (Phi) is 5.52. The summed E-state index contributed by atoms with van der Waals surface area (Å²) in [4.78, 5) is 12.7. The predicted octanol–water partition coefficient (Wildman–Crippen LogP) is 1.28. The summed E-state index contributed by atoms with van der Waals surface area (Å²) >= 11 is 0. The van der Waals surface area contributed by atoms with Gasteiger partial charge in [0.2, 0.25) is 10.0 Å². The molecule has 1 aromatic rings. The van der Waals surface area contributed by atoms with E-state index in [2.05, 4.69) is 4.72 Å². The van der Waals surface area contributed by atoms with Crippen molar-refractivity contribution in [2.45, 2.75) is 31.7 Å². The lowest BCUT2D eigenvalue weighted by atomic mass is 10.2. The highest BCUT2D eigenvalue weighted by Crippen LogP contribution is 2.19. The Morgan fingerprint density at radius 2 is 1.85 bits per heavy atom. The SMILES string of the molecule is CCNS(=O)(=O)c1ccc(N(CC(=O)O)C(C)C)cc1. The molecule has 2 N–H and O–H groups in total. The summed E-state index contributed by atoms with van der Waals surface area (Å²) in [5, 5.41) is 8.90. The molecule has 0 fully saturated rings. The highest BCUT2D eigenvalue weighted by Gasteiger charge is 2.16. The summed E-state index contributed by atoms with van der Waals surface area (Å²) in [6, 6.07) is 6.19. The number of carboxylic acid groups (broad SMARTS) is 1. The first kappa shape index (κ1) is 16.5. The zero-order chi connectivity index (χ0) is 15.3. The van der Waals surface area contributed by atoms with Gasteiger partial charge in [-0.1, -0.05) is 6.92 Å². The van der Waals surface area contributed by atoms with Crippen LogP contribution >= 0.6 is 0 Å². The normalized spacial score (nSPS) is 11.6. The van der Waals surface area contributed by atoms with Crippen LogP contribution in [0.1, 0.15) is 20.8 Å². The second kappa shape index (κ2) is 6.71. The fourth-order valence-electron chi connectivity index (χ4n) is 1.81. The summed E-state index contributed by atoms with van der Waals surface area (Å²) in [6.45, 7) is 5.66. The number of hydrogen-bond acceptors (Lipinski definition) is 4. The number of nitrogens with zero attached hydrogens (tertiary/aromatic N) is 1. The van der Waals surface area contributed by atoms with Crippen LogP contribution in [0.2, 0.25) is 0 Å². The van der Waals surface area contributed by atoms with Gasteiger partial charge in [0.25, 0.3) is 0 Å². The lowest BCUT2D eigenvalue weighted by Gasteiger charge is -2.27. The second-order valence-electron chi connectivity index (χ2n) is 4.61. The van der Waals surface area contributed by atoms with Crippen LogP contribution in [0.5, 0.6) is 0 Å². The molecular formula is C13H20N2O4S. The summed E-state index contributed by atoms with van der Waals surface area (Å²) in [7, 11) is -3.48.